The van der Waals surface area contributed by atoms with Crippen LogP contribution in [-0.4, -0.2) is 35.4 Å². The fraction of sp³-hybridized carbons (Fsp3) is 0.368. The Morgan fingerprint density at radius 2 is 1.91 bits per heavy atom. The predicted molar refractivity (Wildman–Crippen MR) is 92.5 cm³/mol. The van der Waals surface area contributed by atoms with Gasteiger partial charge in [0.25, 0.3) is 5.91 Å². The van der Waals surface area contributed by atoms with E-state index < -0.39 is 0 Å². The average molecular weight is 309 g/mol. The molecule has 1 fully saturated rings. The summed E-state index contributed by atoms with van der Waals surface area (Å²) >= 11 is 0. The standard InChI is InChI=1S/C19H23N3O/c1-2-21(15-16-8-4-3-5-9-16)18-12-17(13-20-14-18)19(23)22-10-6-7-11-22/h3-5,8-9,12-14H,2,6-7,10-11,15H2,1H3. The van der Waals surface area contributed by atoms with Crippen molar-refractivity contribution in [3.05, 3.63) is 59.9 Å². The lowest BCUT2D eigenvalue weighted by atomic mass is 10.2. The molecule has 2 aromatic rings. The third-order valence-electron chi connectivity index (χ3n) is 4.33. The maximum atomic E-state index is 12.5. The highest BCUT2D eigenvalue weighted by molar-refractivity contribution is 5.94. The van der Waals surface area contributed by atoms with Crippen LogP contribution in [0.2, 0.25) is 0 Å². The Kier molecular flexibility index (Phi) is 4.91. The van der Waals surface area contributed by atoms with Crippen molar-refractivity contribution in [3.63, 3.8) is 0 Å². The molecule has 120 valence electrons. The number of aromatic nitrogens is 1. The number of rotatable bonds is 5. The molecule has 1 aromatic heterocycles. The second-order valence-corrected chi connectivity index (χ2v) is 5.93. The van der Waals surface area contributed by atoms with Crippen LogP contribution in [0.4, 0.5) is 5.69 Å². The van der Waals surface area contributed by atoms with Gasteiger partial charge in [0, 0.05) is 32.4 Å². The minimum absolute atomic E-state index is 0.104. The van der Waals surface area contributed by atoms with Crippen LogP contribution >= 0.6 is 0 Å². The quantitative estimate of drug-likeness (QED) is 0.850. The number of nitrogens with zero attached hydrogens (tertiary/aromatic N) is 3. The molecule has 1 amide bonds. The van der Waals surface area contributed by atoms with E-state index in [9.17, 15) is 4.79 Å². The van der Waals surface area contributed by atoms with E-state index >= 15 is 0 Å². The lowest BCUT2D eigenvalue weighted by Crippen LogP contribution is -2.28. The number of hydrogen-bond acceptors (Lipinski definition) is 3. The van der Waals surface area contributed by atoms with E-state index in [0.29, 0.717) is 5.56 Å². The van der Waals surface area contributed by atoms with E-state index in [2.05, 4.69) is 41.1 Å². The molecule has 0 atom stereocenters. The molecule has 1 saturated heterocycles. The lowest BCUT2D eigenvalue weighted by Gasteiger charge is -2.24. The molecule has 23 heavy (non-hydrogen) atoms. The Balaban J connectivity index is 1.78. The fourth-order valence-electron chi connectivity index (χ4n) is 3.01. The van der Waals surface area contributed by atoms with Gasteiger partial charge in [0.05, 0.1) is 17.4 Å². The van der Waals surface area contributed by atoms with Crippen LogP contribution in [0.1, 0.15) is 35.7 Å². The minimum atomic E-state index is 0.104. The van der Waals surface area contributed by atoms with Gasteiger partial charge in [-0.25, -0.2) is 0 Å². The van der Waals surface area contributed by atoms with E-state index in [-0.39, 0.29) is 5.91 Å². The van der Waals surface area contributed by atoms with Gasteiger partial charge in [0.1, 0.15) is 0 Å². The highest BCUT2D eigenvalue weighted by Crippen LogP contribution is 2.19. The third-order valence-corrected chi connectivity index (χ3v) is 4.33. The van der Waals surface area contributed by atoms with Crippen LogP contribution < -0.4 is 4.90 Å². The molecule has 0 spiro atoms. The van der Waals surface area contributed by atoms with Gasteiger partial charge >= 0.3 is 0 Å². The zero-order chi connectivity index (χ0) is 16.1. The van der Waals surface area contributed by atoms with Crippen molar-refractivity contribution in [1.29, 1.82) is 0 Å². The number of pyridine rings is 1. The summed E-state index contributed by atoms with van der Waals surface area (Å²) in [6.45, 7) is 5.55. The van der Waals surface area contributed by atoms with Crippen LogP contribution in [0.25, 0.3) is 0 Å². The number of anilines is 1. The van der Waals surface area contributed by atoms with Crippen molar-refractivity contribution >= 4 is 11.6 Å². The fourth-order valence-corrected chi connectivity index (χ4v) is 3.01. The monoisotopic (exact) mass is 309 g/mol. The summed E-state index contributed by atoms with van der Waals surface area (Å²) in [6.07, 6.45) is 5.73. The summed E-state index contributed by atoms with van der Waals surface area (Å²) in [6, 6.07) is 12.3. The van der Waals surface area contributed by atoms with Crippen molar-refractivity contribution in [2.24, 2.45) is 0 Å². The molecule has 4 nitrogen and oxygen atoms in total. The zero-order valence-electron chi connectivity index (χ0n) is 13.6. The Morgan fingerprint density at radius 1 is 1.17 bits per heavy atom. The van der Waals surface area contributed by atoms with Gasteiger partial charge in [-0.1, -0.05) is 30.3 Å². The molecule has 0 unspecified atom stereocenters. The summed E-state index contributed by atoms with van der Waals surface area (Å²) in [4.78, 5) is 21.0. The van der Waals surface area contributed by atoms with Gasteiger partial charge in [-0.05, 0) is 31.4 Å². The molecule has 0 aliphatic carbocycles. The molecule has 0 N–H and O–H groups in total. The average Bonchev–Trinajstić information content (AvgIpc) is 3.14. The van der Waals surface area contributed by atoms with Crippen molar-refractivity contribution in [2.45, 2.75) is 26.3 Å². The first-order valence-electron chi connectivity index (χ1n) is 8.31. The summed E-state index contributed by atoms with van der Waals surface area (Å²) in [5, 5.41) is 0. The maximum Gasteiger partial charge on any atom is 0.255 e. The number of hydrogen-bond donors (Lipinski definition) is 0. The molecule has 4 heteroatoms. The first kappa shape index (κ1) is 15.5. The summed E-state index contributed by atoms with van der Waals surface area (Å²) in [7, 11) is 0. The molecular weight excluding hydrogens is 286 g/mol. The molecule has 2 heterocycles. The normalized spacial score (nSPS) is 14.0. The molecule has 0 radical (unpaired) electrons. The van der Waals surface area contributed by atoms with Gasteiger partial charge in [0.2, 0.25) is 0 Å². The SMILES string of the molecule is CCN(Cc1ccccc1)c1cncc(C(=O)N2CCCC2)c1. The molecule has 0 saturated carbocycles. The highest BCUT2D eigenvalue weighted by atomic mass is 16.2. The second-order valence-electron chi connectivity index (χ2n) is 5.93. The highest BCUT2D eigenvalue weighted by Gasteiger charge is 2.20. The van der Waals surface area contributed by atoms with E-state index in [1.807, 2.05) is 23.2 Å². The number of amides is 1. The molecule has 1 aromatic carbocycles. The smallest absolute Gasteiger partial charge is 0.255 e. The number of likely N-dealkylation sites (tertiary alicyclic amines) is 1. The van der Waals surface area contributed by atoms with Crippen molar-refractivity contribution in [1.82, 2.24) is 9.88 Å². The third kappa shape index (κ3) is 3.70. The number of carbonyl (C=O) groups is 1. The van der Waals surface area contributed by atoms with Crippen molar-refractivity contribution in [2.75, 3.05) is 24.5 Å². The molecule has 1 aliphatic rings. The minimum Gasteiger partial charge on any atom is -0.366 e. The zero-order valence-corrected chi connectivity index (χ0v) is 13.6. The van der Waals surface area contributed by atoms with Crippen molar-refractivity contribution in [3.8, 4) is 0 Å². The van der Waals surface area contributed by atoms with Crippen molar-refractivity contribution < 1.29 is 4.79 Å². The lowest BCUT2D eigenvalue weighted by molar-refractivity contribution is 0.0792. The van der Waals surface area contributed by atoms with Gasteiger partial charge in [-0.15, -0.1) is 0 Å². The van der Waals surface area contributed by atoms with E-state index in [4.69, 9.17) is 0 Å². The molecule has 1 aliphatic heterocycles. The Hall–Kier alpha value is -2.36. The van der Waals surface area contributed by atoms with Gasteiger partial charge in [-0.3, -0.25) is 9.78 Å². The summed E-state index contributed by atoms with van der Waals surface area (Å²) in [5.41, 5.74) is 2.95. The molecule has 3 rings (SSSR count). The van der Waals surface area contributed by atoms with Crippen LogP contribution in [0, 0.1) is 0 Å². The second kappa shape index (κ2) is 7.27. The van der Waals surface area contributed by atoms with E-state index in [0.717, 1.165) is 44.7 Å². The Bertz CT molecular complexity index is 651. The van der Waals surface area contributed by atoms with Crippen LogP contribution in [0.5, 0.6) is 0 Å². The Labute approximate surface area is 137 Å². The first-order chi connectivity index (χ1) is 11.3. The van der Waals surface area contributed by atoms with Gasteiger partial charge in [-0.2, -0.15) is 0 Å². The molecular formula is C19H23N3O. The number of benzene rings is 1. The number of carbonyl (C=O) groups excluding carboxylic acids is 1. The van der Waals surface area contributed by atoms with Crippen LogP contribution in [-0.2, 0) is 6.54 Å². The largest absolute Gasteiger partial charge is 0.366 e. The maximum absolute atomic E-state index is 12.5. The first-order valence-corrected chi connectivity index (χ1v) is 8.31. The van der Waals surface area contributed by atoms with Gasteiger partial charge < -0.3 is 9.80 Å². The van der Waals surface area contributed by atoms with Gasteiger partial charge in [0.15, 0.2) is 0 Å². The van der Waals surface area contributed by atoms with Crippen LogP contribution in [0.3, 0.4) is 0 Å². The topological polar surface area (TPSA) is 36.4 Å². The van der Waals surface area contributed by atoms with E-state index in [1.54, 1.807) is 6.20 Å². The predicted octanol–water partition coefficient (Wildman–Crippen LogP) is 3.34. The summed E-state index contributed by atoms with van der Waals surface area (Å²) in [5.74, 6) is 0.104. The van der Waals surface area contributed by atoms with E-state index in [1.165, 1.54) is 5.56 Å². The Morgan fingerprint density at radius 3 is 2.61 bits per heavy atom. The summed E-state index contributed by atoms with van der Waals surface area (Å²) < 4.78 is 0. The molecule has 0 bridgehead atoms. The van der Waals surface area contributed by atoms with Crippen LogP contribution in [0.15, 0.2) is 48.8 Å².